The summed E-state index contributed by atoms with van der Waals surface area (Å²) in [5, 5.41) is 2.89. The maximum Gasteiger partial charge on any atom is 0.255 e. The maximum absolute atomic E-state index is 13.1. The molecule has 174 valence electrons. The highest BCUT2D eigenvalue weighted by Gasteiger charge is 2.28. The lowest BCUT2D eigenvalue weighted by Crippen LogP contribution is -2.40. The molecule has 1 amide bonds. The van der Waals surface area contributed by atoms with Crippen LogP contribution in [0.3, 0.4) is 0 Å². The van der Waals surface area contributed by atoms with Gasteiger partial charge < -0.3 is 24.3 Å². The lowest BCUT2D eigenvalue weighted by Gasteiger charge is -2.26. The van der Waals surface area contributed by atoms with Gasteiger partial charge >= 0.3 is 0 Å². The van der Waals surface area contributed by atoms with Gasteiger partial charge in [0.15, 0.2) is 0 Å². The van der Waals surface area contributed by atoms with Gasteiger partial charge in [0.2, 0.25) is 10.0 Å². The van der Waals surface area contributed by atoms with Crippen LogP contribution in [-0.2, 0) is 14.8 Å². The zero-order valence-corrected chi connectivity index (χ0v) is 19.4. The van der Waals surface area contributed by atoms with Crippen LogP contribution in [0.4, 0.5) is 0 Å². The normalized spacial score (nSPS) is 15.6. The molecule has 1 heterocycles. The summed E-state index contributed by atoms with van der Waals surface area (Å²) >= 11 is 0. The molecular formula is C22H28N2O7S. The van der Waals surface area contributed by atoms with Crippen LogP contribution in [0.5, 0.6) is 17.2 Å². The summed E-state index contributed by atoms with van der Waals surface area (Å²) in [6, 6.07) is 9.12. The third-order valence-corrected chi connectivity index (χ3v) is 7.17. The van der Waals surface area contributed by atoms with E-state index in [4.69, 9.17) is 18.9 Å². The molecule has 0 aromatic heterocycles. The molecule has 1 atom stereocenters. The number of amides is 1. The second kappa shape index (κ2) is 10.2. The smallest absolute Gasteiger partial charge is 0.255 e. The number of nitrogens with one attached hydrogen (secondary N) is 1. The SMILES string of the molecule is COc1ccc(OC)c([C@@H](C)NC(=O)c2cc(S(=O)(=O)N3CCOCC3)ccc2OC)c1. The molecule has 0 bridgehead atoms. The number of morpholine rings is 1. The second-order valence-corrected chi connectivity index (χ2v) is 9.12. The van der Waals surface area contributed by atoms with Gasteiger partial charge in [0, 0.05) is 18.7 Å². The molecule has 1 aliphatic rings. The molecule has 2 aromatic rings. The summed E-state index contributed by atoms with van der Waals surface area (Å²) in [7, 11) is 0.765. The van der Waals surface area contributed by atoms with Crippen LogP contribution in [0.15, 0.2) is 41.3 Å². The van der Waals surface area contributed by atoms with Crippen molar-refractivity contribution in [2.24, 2.45) is 0 Å². The van der Waals surface area contributed by atoms with Crippen molar-refractivity contribution >= 4 is 15.9 Å². The van der Waals surface area contributed by atoms with Crippen molar-refractivity contribution < 1.29 is 32.2 Å². The first kappa shape index (κ1) is 23.8. The molecule has 2 aromatic carbocycles. The summed E-state index contributed by atoms with van der Waals surface area (Å²) in [6.07, 6.45) is 0. The molecule has 0 unspecified atom stereocenters. The summed E-state index contributed by atoms with van der Waals surface area (Å²) in [5.41, 5.74) is 0.840. The fourth-order valence-corrected chi connectivity index (χ4v) is 4.93. The Bertz CT molecular complexity index is 1070. The summed E-state index contributed by atoms with van der Waals surface area (Å²) < 4.78 is 48.6. The molecule has 32 heavy (non-hydrogen) atoms. The van der Waals surface area contributed by atoms with Crippen molar-refractivity contribution in [2.45, 2.75) is 17.9 Å². The van der Waals surface area contributed by atoms with E-state index >= 15 is 0 Å². The Morgan fingerprint density at radius 1 is 1.00 bits per heavy atom. The number of ether oxygens (including phenoxy) is 4. The number of nitrogens with zero attached hydrogens (tertiary/aromatic N) is 1. The molecule has 1 aliphatic heterocycles. The average molecular weight is 465 g/mol. The molecule has 0 saturated carbocycles. The van der Waals surface area contributed by atoms with Crippen molar-refractivity contribution in [3.05, 3.63) is 47.5 Å². The predicted octanol–water partition coefficient (Wildman–Crippen LogP) is 2.22. The highest BCUT2D eigenvalue weighted by Crippen LogP contribution is 2.30. The fourth-order valence-electron chi connectivity index (χ4n) is 3.49. The zero-order chi connectivity index (χ0) is 23.3. The van der Waals surface area contributed by atoms with E-state index in [-0.39, 0.29) is 29.3 Å². The van der Waals surface area contributed by atoms with Gasteiger partial charge in [-0.05, 0) is 43.3 Å². The molecule has 1 fully saturated rings. The maximum atomic E-state index is 13.1. The number of methoxy groups -OCH3 is 3. The first-order chi connectivity index (χ1) is 15.3. The van der Waals surface area contributed by atoms with Gasteiger partial charge in [-0.1, -0.05) is 0 Å². The number of hydrogen-bond acceptors (Lipinski definition) is 7. The van der Waals surface area contributed by atoms with Gasteiger partial charge in [-0.3, -0.25) is 4.79 Å². The number of carbonyl (C=O) groups excluding carboxylic acids is 1. The van der Waals surface area contributed by atoms with Crippen LogP contribution >= 0.6 is 0 Å². The monoisotopic (exact) mass is 464 g/mol. The molecule has 9 nitrogen and oxygen atoms in total. The average Bonchev–Trinajstić information content (AvgIpc) is 2.83. The van der Waals surface area contributed by atoms with E-state index in [9.17, 15) is 13.2 Å². The van der Waals surface area contributed by atoms with E-state index in [2.05, 4.69) is 5.32 Å². The molecule has 3 rings (SSSR count). The standard InChI is InChI=1S/C22H28N2O7S/c1-15(18-13-16(28-2)5-7-20(18)29-3)23-22(25)19-14-17(6-8-21(19)30-4)32(26,27)24-9-11-31-12-10-24/h5-8,13-15H,9-12H2,1-4H3,(H,23,25)/t15-/m1/s1. The first-order valence-electron chi connectivity index (χ1n) is 10.1. The highest BCUT2D eigenvalue weighted by atomic mass is 32.2. The Balaban J connectivity index is 1.90. The van der Waals surface area contributed by atoms with Crippen molar-refractivity contribution in [1.82, 2.24) is 9.62 Å². The van der Waals surface area contributed by atoms with Gasteiger partial charge in [-0.2, -0.15) is 4.31 Å². The summed E-state index contributed by atoms with van der Waals surface area (Å²) in [5.74, 6) is 1.01. The third-order valence-electron chi connectivity index (χ3n) is 5.27. The van der Waals surface area contributed by atoms with E-state index in [1.54, 1.807) is 39.3 Å². The van der Waals surface area contributed by atoms with Crippen LogP contribution in [0.2, 0.25) is 0 Å². The van der Waals surface area contributed by atoms with Crippen LogP contribution in [0.1, 0.15) is 28.9 Å². The molecule has 0 radical (unpaired) electrons. The third kappa shape index (κ3) is 4.98. The van der Waals surface area contributed by atoms with Crippen LogP contribution < -0.4 is 19.5 Å². The van der Waals surface area contributed by atoms with Gasteiger partial charge in [-0.25, -0.2) is 8.42 Å². The molecule has 1 saturated heterocycles. The topological polar surface area (TPSA) is 103 Å². The Morgan fingerprint density at radius 2 is 1.66 bits per heavy atom. The quantitative estimate of drug-likeness (QED) is 0.639. The minimum absolute atomic E-state index is 0.0250. The molecule has 10 heteroatoms. The molecule has 0 aliphatic carbocycles. The minimum Gasteiger partial charge on any atom is -0.497 e. The van der Waals surface area contributed by atoms with E-state index in [0.717, 1.165) is 5.56 Å². The van der Waals surface area contributed by atoms with Crippen molar-refractivity contribution in [3.63, 3.8) is 0 Å². The van der Waals surface area contributed by atoms with E-state index in [1.807, 2.05) is 0 Å². The number of carbonyl (C=O) groups is 1. The minimum atomic E-state index is -3.76. The Hall–Kier alpha value is -2.82. The van der Waals surface area contributed by atoms with Crippen LogP contribution in [0.25, 0.3) is 0 Å². The number of hydrogen-bond donors (Lipinski definition) is 1. The number of sulfonamides is 1. The largest absolute Gasteiger partial charge is 0.497 e. The van der Waals surface area contributed by atoms with Gasteiger partial charge in [0.05, 0.1) is 51.0 Å². The van der Waals surface area contributed by atoms with Crippen molar-refractivity contribution in [1.29, 1.82) is 0 Å². The van der Waals surface area contributed by atoms with E-state index in [1.165, 1.54) is 29.6 Å². The lowest BCUT2D eigenvalue weighted by molar-refractivity contribution is 0.0730. The highest BCUT2D eigenvalue weighted by molar-refractivity contribution is 7.89. The summed E-state index contributed by atoms with van der Waals surface area (Å²) in [4.78, 5) is 13.2. The van der Waals surface area contributed by atoms with E-state index < -0.39 is 22.0 Å². The summed E-state index contributed by atoms with van der Waals surface area (Å²) in [6.45, 7) is 3.01. The van der Waals surface area contributed by atoms with Gasteiger partial charge in [0.25, 0.3) is 5.91 Å². The Kier molecular flexibility index (Phi) is 7.60. The molecular weight excluding hydrogens is 436 g/mol. The zero-order valence-electron chi connectivity index (χ0n) is 18.6. The number of benzene rings is 2. The molecule has 1 N–H and O–H groups in total. The van der Waals surface area contributed by atoms with Gasteiger partial charge in [0.1, 0.15) is 17.2 Å². The Morgan fingerprint density at radius 3 is 2.28 bits per heavy atom. The predicted molar refractivity (Wildman–Crippen MR) is 118 cm³/mol. The van der Waals surface area contributed by atoms with E-state index in [0.29, 0.717) is 24.7 Å². The fraction of sp³-hybridized carbons (Fsp3) is 0.409. The second-order valence-electron chi connectivity index (χ2n) is 7.18. The Labute approximate surface area is 188 Å². The van der Waals surface area contributed by atoms with Gasteiger partial charge in [-0.15, -0.1) is 0 Å². The van der Waals surface area contributed by atoms with Crippen molar-refractivity contribution in [2.75, 3.05) is 47.6 Å². The van der Waals surface area contributed by atoms with Crippen molar-refractivity contribution in [3.8, 4) is 17.2 Å². The van der Waals surface area contributed by atoms with Crippen LogP contribution in [0, 0.1) is 0 Å². The first-order valence-corrected chi connectivity index (χ1v) is 11.5. The number of rotatable bonds is 8. The lowest BCUT2D eigenvalue weighted by atomic mass is 10.1. The van der Waals surface area contributed by atoms with Crippen LogP contribution in [-0.4, -0.2) is 66.3 Å². The molecule has 0 spiro atoms.